The quantitative estimate of drug-likeness (QED) is 0.634. The molecule has 158 valence electrons. The smallest absolute Gasteiger partial charge is 0.465 e. The molecule has 10 heteroatoms. The predicted molar refractivity (Wildman–Crippen MR) is 104 cm³/mol. The number of anilines is 1. The Balaban J connectivity index is 1.80. The fraction of sp³-hybridized carbons (Fsp3) is 0.250. The van der Waals surface area contributed by atoms with Crippen LogP contribution in [0.25, 0.3) is 17.1 Å². The fourth-order valence-corrected chi connectivity index (χ4v) is 2.86. The Bertz CT molecular complexity index is 1020. The SMILES string of the molecule is CC(C)(C)N(C(=O)O)c1ccc(-c2ncn(-c3ccc(OC(F)(F)F)cc3)n2)cc1. The van der Waals surface area contributed by atoms with Crippen molar-refractivity contribution in [2.24, 2.45) is 0 Å². The van der Waals surface area contributed by atoms with Crippen LogP contribution in [0, 0.1) is 0 Å². The van der Waals surface area contributed by atoms with Crippen molar-refractivity contribution in [3.05, 3.63) is 54.9 Å². The molecule has 0 aliphatic heterocycles. The number of hydrogen-bond donors (Lipinski definition) is 1. The number of halogens is 3. The van der Waals surface area contributed by atoms with Gasteiger partial charge in [0, 0.05) is 16.8 Å². The molecule has 1 aromatic heterocycles. The van der Waals surface area contributed by atoms with E-state index in [-0.39, 0.29) is 5.75 Å². The molecule has 1 heterocycles. The van der Waals surface area contributed by atoms with Crippen LogP contribution < -0.4 is 9.64 Å². The standard InChI is InChI=1S/C20H19F3N4O3/c1-19(2,3)27(18(28)29)15-6-4-13(5-7-15)17-24-12-26(25-17)14-8-10-16(11-9-14)30-20(21,22)23/h4-12H,1-3H3,(H,28,29). The summed E-state index contributed by atoms with van der Waals surface area (Å²) < 4.78 is 42.0. The number of alkyl halides is 3. The van der Waals surface area contributed by atoms with E-state index in [1.165, 1.54) is 40.2 Å². The number of rotatable bonds is 4. The summed E-state index contributed by atoms with van der Waals surface area (Å²) in [5, 5.41) is 13.8. The number of aromatic nitrogens is 3. The maximum atomic E-state index is 12.3. The zero-order valence-electron chi connectivity index (χ0n) is 16.4. The molecule has 1 amide bonds. The third-order valence-electron chi connectivity index (χ3n) is 4.07. The number of benzene rings is 2. The molecule has 30 heavy (non-hydrogen) atoms. The van der Waals surface area contributed by atoms with Crippen molar-refractivity contribution in [2.45, 2.75) is 32.7 Å². The minimum Gasteiger partial charge on any atom is -0.465 e. The molecule has 0 spiro atoms. The molecule has 2 aromatic carbocycles. The summed E-state index contributed by atoms with van der Waals surface area (Å²) in [7, 11) is 0. The lowest BCUT2D eigenvalue weighted by molar-refractivity contribution is -0.274. The molecule has 0 radical (unpaired) electrons. The first-order chi connectivity index (χ1) is 13.9. The number of hydrogen-bond acceptors (Lipinski definition) is 4. The third kappa shape index (κ3) is 4.88. The molecule has 3 rings (SSSR count). The highest BCUT2D eigenvalue weighted by Gasteiger charge is 2.31. The molecule has 0 atom stereocenters. The maximum Gasteiger partial charge on any atom is 0.573 e. The molecule has 0 saturated carbocycles. The van der Waals surface area contributed by atoms with Gasteiger partial charge in [-0.1, -0.05) is 0 Å². The largest absolute Gasteiger partial charge is 0.573 e. The molecular weight excluding hydrogens is 401 g/mol. The van der Waals surface area contributed by atoms with Crippen LogP contribution >= 0.6 is 0 Å². The van der Waals surface area contributed by atoms with Gasteiger partial charge < -0.3 is 9.84 Å². The monoisotopic (exact) mass is 420 g/mol. The highest BCUT2D eigenvalue weighted by Crippen LogP contribution is 2.27. The van der Waals surface area contributed by atoms with Gasteiger partial charge in [-0.2, -0.15) is 0 Å². The van der Waals surface area contributed by atoms with Crippen LogP contribution in [0.4, 0.5) is 23.7 Å². The van der Waals surface area contributed by atoms with E-state index in [9.17, 15) is 23.1 Å². The van der Waals surface area contributed by atoms with Crippen LogP contribution in [-0.4, -0.2) is 37.9 Å². The topological polar surface area (TPSA) is 80.5 Å². The normalized spacial score (nSPS) is 11.9. The lowest BCUT2D eigenvalue weighted by Crippen LogP contribution is -2.45. The number of carbonyl (C=O) groups is 1. The Kier molecular flexibility index (Phi) is 5.43. The van der Waals surface area contributed by atoms with Crippen LogP contribution in [0.1, 0.15) is 20.8 Å². The second-order valence-corrected chi connectivity index (χ2v) is 7.39. The number of nitrogens with zero attached hydrogens (tertiary/aromatic N) is 4. The minimum absolute atomic E-state index is 0.330. The van der Waals surface area contributed by atoms with Gasteiger partial charge in [0.05, 0.1) is 5.69 Å². The second kappa shape index (κ2) is 7.69. The summed E-state index contributed by atoms with van der Waals surface area (Å²) in [6, 6.07) is 12.0. The highest BCUT2D eigenvalue weighted by atomic mass is 19.4. The Morgan fingerprint density at radius 2 is 1.63 bits per heavy atom. The molecule has 0 unspecified atom stereocenters. The van der Waals surface area contributed by atoms with Gasteiger partial charge in [-0.3, -0.25) is 4.90 Å². The van der Waals surface area contributed by atoms with E-state index in [0.717, 1.165) is 0 Å². The fourth-order valence-electron chi connectivity index (χ4n) is 2.86. The Morgan fingerprint density at radius 1 is 1.03 bits per heavy atom. The first kappa shape index (κ1) is 21.2. The summed E-state index contributed by atoms with van der Waals surface area (Å²) in [6.07, 6.45) is -4.38. The van der Waals surface area contributed by atoms with Crippen molar-refractivity contribution < 1.29 is 27.8 Å². The average molecular weight is 420 g/mol. The van der Waals surface area contributed by atoms with E-state index >= 15 is 0 Å². The first-order valence-electron chi connectivity index (χ1n) is 8.85. The van der Waals surface area contributed by atoms with Crippen molar-refractivity contribution in [3.8, 4) is 22.8 Å². The van der Waals surface area contributed by atoms with Gasteiger partial charge in [0.15, 0.2) is 5.82 Å². The van der Waals surface area contributed by atoms with Crippen LogP contribution in [-0.2, 0) is 0 Å². The van der Waals surface area contributed by atoms with Crippen LogP contribution in [0.2, 0.25) is 0 Å². The molecule has 0 saturated heterocycles. The molecule has 0 aliphatic rings. The van der Waals surface area contributed by atoms with Crippen molar-refractivity contribution >= 4 is 11.8 Å². The molecule has 7 nitrogen and oxygen atoms in total. The van der Waals surface area contributed by atoms with Crippen molar-refractivity contribution in [3.63, 3.8) is 0 Å². The summed E-state index contributed by atoms with van der Waals surface area (Å²) in [6.45, 7) is 5.38. The van der Waals surface area contributed by atoms with E-state index in [4.69, 9.17) is 0 Å². The van der Waals surface area contributed by atoms with Gasteiger partial charge in [-0.15, -0.1) is 18.3 Å². The van der Waals surface area contributed by atoms with E-state index in [2.05, 4.69) is 14.8 Å². The Hall–Kier alpha value is -3.56. The van der Waals surface area contributed by atoms with Gasteiger partial charge in [0.1, 0.15) is 12.1 Å². The summed E-state index contributed by atoms with van der Waals surface area (Å²) in [4.78, 5) is 17.1. The lowest BCUT2D eigenvalue weighted by Gasteiger charge is -2.33. The van der Waals surface area contributed by atoms with E-state index in [0.29, 0.717) is 22.8 Å². The van der Waals surface area contributed by atoms with Gasteiger partial charge in [0.25, 0.3) is 0 Å². The molecule has 0 aliphatic carbocycles. The minimum atomic E-state index is -4.75. The van der Waals surface area contributed by atoms with Crippen molar-refractivity contribution in [1.29, 1.82) is 0 Å². The number of ether oxygens (including phenoxy) is 1. The number of carboxylic acid groups (broad SMARTS) is 1. The molecular formula is C20H19F3N4O3. The van der Waals surface area contributed by atoms with Gasteiger partial charge in [-0.25, -0.2) is 14.5 Å². The van der Waals surface area contributed by atoms with E-state index in [1.54, 1.807) is 45.0 Å². The zero-order valence-corrected chi connectivity index (χ0v) is 16.4. The van der Waals surface area contributed by atoms with Gasteiger partial charge in [-0.05, 0) is 69.3 Å². The van der Waals surface area contributed by atoms with E-state index in [1.807, 2.05) is 0 Å². The second-order valence-electron chi connectivity index (χ2n) is 7.39. The van der Waals surface area contributed by atoms with Crippen molar-refractivity contribution in [2.75, 3.05) is 4.90 Å². The summed E-state index contributed by atoms with van der Waals surface area (Å²) in [5.74, 6) is 0.0545. The van der Waals surface area contributed by atoms with Gasteiger partial charge >= 0.3 is 12.5 Å². The Labute approximate surface area is 170 Å². The van der Waals surface area contributed by atoms with Gasteiger partial charge in [0.2, 0.25) is 0 Å². The average Bonchev–Trinajstić information content (AvgIpc) is 3.10. The molecule has 0 fully saturated rings. The van der Waals surface area contributed by atoms with Crippen LogP contribution in [0.5, 0.6) is 5.75 Å². The lowest BCUT2D eigenvalue weighted by atomic mass is 10.0. The maximum absolute atomic E-state index is 12.3. The Morgan fingerprint density at radius 3 is 2.13 bits per heavy atom. The zero-order chi connectivity index (χ0) is 22.1. The summed E-state index contributed by atoms with van der Waals surface area (Å²) in [5.41, 5.74) is 1.06. The molecule has 0 bridgehead atoms. The van der Waals surface area contributed by atoms with Crippen molar-refractivity contribution in [1.82, 2.24) is 14.8 Å². The number of amides is 1. The predicted octanol–water partition coefficient (Wildman–Crippen LogP) is 5.12. The molecule has 3 aromatic rings. The van der Waals surface area contributed by atoms with E-state index < -0.39 is 18.0 Å². The molecule has 1 N–H and O–H groups in total. The highest BCUT2D eigenvalue weighted by molar-refractivity contribution is 5.87. The summed E-state index contributed by atoms with van der Waals surface area (Å²) >= 11 is 0. The third-order valence-corrected chi connectivity index (χ3v) is 4.07. The van der Waals surface area contributed by atoms with Crippen LogP contribution in [0.3, 0.4) is 0 Å². The van der Waals surface area contributed by atoms with Crippen LogP contribution in [0.15, 0.2) is 54.9 Å². The first-order valence-corrected chi connectivity index (χ1v) is 8.85.